The van der Waals surface area contributed by atoms with Gasteiger partial charge in [0.25, 0.3) is 0 Å². The predicted molar refractivity (Wildman–Crippen MR) is 81.1 cm³/mol. The molecule has 0 fully saturated rings. The average Bonchev–Trinajstić information content (AvgIpc) is 2.21. The van der Waals surface area contributed by atoms with Crippen molar-refractivity contribution < 1.29 is 0 Å². The first-order valence-corrected chi connectivity index (χ1v) is 7.03. The van der Waals surface area contributed by atoms with Crippen LogP contribution in [0.2, 0.25) is 5.02 Å². The maximum Gasteiger partial charge on any atom is 0.0456 e. The lowest BCUT2D eigenvalue weighted by Crippen LogP contribution is -2.23. The van der Waals surface area contributed by atoms with Crippen molar-refractivity contribution in [2.45, 2.75) is 54.0 Å². The van der Waals surface area contributed by atoms with E-state index in [0.29, 0.717) is 5.92 Å². The second-order valence-corrected chi connectivity index (χ2v) is 6.97. The summed E-state index contributed by atoms with van der Waals surface area (Å²) < 4.78 is 0. The normalized spacial score (nSPS) is 15.6. The third-order valence-corrected chi connectivity index (χ3v) is 4.43. The second-order valence-electron chi connectivity index (χ2n) is 6.57. The maximum absolute atomic E-state index is 6.33. The van der Waals surface area contributed by atoms with Gasteiger partial charge in [-0.05, 0) is 54.4 Å². The Balaban J connectivity index is 2.91. The van der Waals surface area contributed by atoms with Crippen LogP contribution in [-0.2, 0) is 0 Å². The topological polar surface area (TPSA) is 26.0 Å². The Bertz CT molecular complexity index is 418. The Hall–Kier alpha value is -0.530. The molecule has 0 bridgehead atoms. The molecule has 0 saturated heterocycles. The number of aryl methyl sites for hydroxylation is 2. The number of benzene rings is 1. The summed E-state index contributed by atoms with van der Waals surface area (Å²) in [7, 11) is 0. The molecule has 0 aliphatic rings. The van der Waals surface area contributed by atoms with Crippen LogP contribution in [0.4, 0.5) is 0 Å². The fraction of sp³-hybridized carbons (Fsp3) is 0.625. The molecule has 2 N–H and O–H groups in total. The van der Waals surface area contributed by atoms with Crippen molar-refractivity contribution in [3.63, 3.8) is 0 Å². The van der Waals surface area contributed by atoms with Crippen molar-refractivity contribution in [1.29, 1.82) is 0 Å². The highest BCUT2D eigenvalue weighted by molar-refractivity contribution is 6.31. The minimum absolute atomic E-state index is 0.0195. The fourth-order valence-corrected chi connectivity index (χ4v) is 2.31. The smallest absolute Gasteiger partial charge is 0.0456 e. The standard InChI is InChI=1S/C16H26ClN/c1-10-7-13(14(17)8-11(10)2)15(18)9-12(3)16(4,5)6/h7-8,12,15H,9,18H2,1-6H3. The molecule has 18 heavy (non-hydrogen) atoms. The van der Waals surface area contributed by atoms with Gasteiger partial charge in [0.1, 0.15) is 0 Å². The first-order valence-electron chi connectivity index (χ1n) is 6.65. The van der Waals surface area contributed by atoms with E-state index in [0.717, 1.165) is 17.0 Å². The molecule has 2 atom stereocenters. The van der Waals surface area contributed by atoms with Gasteiger partial charge in [-0.25, -0.2) is 0 Å². The lowest BCUT2D eigenvalue weighted by atomic mass is 9.77. The number of hydrogen-bond donors (Lipinski definition) is 1. The van der Waals surface area contributed by atoms with Crippen LogP contribution in [0.3, 0.4) is 0 Å². The molecule has 2 heteroatoms. The number of hydrogen-bond acceptors (Lipinski definition) is 1. The van der Waals surface area contributed by atoms with E-state index >= 15 is 0 Å². The van der Waals surface area contributed by atoms with Gasteiger partial charge >= 0.3 is 0 Å². The van der Waals surface area contributed by atoms with Gasteiger partial charge in [-0.3, -0.25) is 0 Å². The van der Waals surface area contributed by atoms with Crippen LogP contribution in [-0.4, -0.2) is 0 Å². The molecule has 2 unspecified atom stereocenters. The van der Waals surface area contributed by atoms with Crippen molar-refractivity contribution in [2.24, 2.45) is 17.1 Å². The Morgan fingerprint density at radius 1 is 1.17 bits per heavy atom. The molecule has 1 aromatic carbocycles. The summed E-state index contributed by atoms with van der Waals surface area (Å²) in [6.07, 6.45) is 0.964. The molecule has 0 heterocycles. The van der Waals surface area contributed by atoms with Crippen LogP contribution in [0.1, 0.15) is 56.8 Å². The first-order chi connectivity index (χ1) is 8.12. The third-order valence-electron chi connectivity index (χ3n) is 4.10. The summed E-state index contributed by atoms with van der Waals surface area (Å²) in [4.78, 5) is 0. The SMILES string of the molecule is Cc1cc(Cl)c(C(N)CC(C)C(C)(C)C)cc1C. The summed E-state index contributed by atoms with van der Waals surface area (Å²) in [5, 5.41) is 0.798. The summed E-state index contributed by atoms with van der Waals surface area (Å²) in [5.74, 6) is 0.560. The van der Waals surface area contributed by atoms with Gasteiger partial charge in [0, 0.05) is 11.1 Å². The second kappa shape index (κ2) is 5.63. The predicted octanol–water partition coefficient (Wildman–Crippen LogP) is 5.03. The Labute approximate surface area is 117 Å². The zero-order valence-corrected chi connectivity index (χ0v) is 13.2. The highest BCUT2D eigenvalue weighted by Crippen LogP contribution is 2.34. The third kappa shape index (κ3) is 3.73. The number of halogens is 1. The van der Waals surface area contributed by atoms with E-state index in [1.807, 2.05) is 6.07 Å². The Morgan fingerprint density at radius 2 is 1.67 bits per heavy atom. The zero-order chi connectivity index (χ0) is 14.1. The van der Waals surface area contributed by atoms with Gasteiger partial charge in [-0.15, -0.1) is 0 Å². The molecule has 0 saturated carbocycles. The molecule has 0 spiro atoms. The summed E-state index contributed by atoms with van der Waals surface area (Å²) in [5.41, 5.74) is 10.2. The van der Waals surface area contributed by atoms with Crippen LogP contribution in [0.5, 0.6) is 0 Å². The molecule has 0 amide bonds. The van der Waals surface area contributed by atoms with Gasteiger partial charge in [-0.1, -0.05) is 45.4 Å². The quantitative estimate of drug-likeness (QED) is 0.817. The molecular weight excluding hydrogens is 242 g/mol. The molecule has 1 rings (SSSR count). The fourth-order valence-electron chi connectivity index (χ4n) is 1.95. The number of rotatable bonds is 3. The molecular formula is C16H26ClN. The van der Waals surface area contributed by atoms with Crippen molar-refractivity contribution in [1.82, 2.24) is 0 Å². The summed E-state index contributed by atoms with van der Waals surface area (Å²) in [6, 6.07) is 4.18. The van der Waals surface area contributed by atoms with E-state index in [9.17, 15) is 0 Å². The lowest BCUT2D eigenvalue weighted by molar-refractivity contribution is 0.234. The van der Waals surface area contributed by atoms with E-state index in [1.54, 1.807) is 0 Å². The van der Waals surface area contributed by atoms with Crippen LogP contribution in [0.25, 0.3) is 0 Å². The minimum Gasteiger partial charge on any atom is -0.324 e. The highest BCUT2D eigenvalue weighted by atomic mass is 35.5. The van der Waals surface area contributed by atoms with Gasteiger partial charge < -0.3 is 5.73 Å². The van der Waals surface area contributed by atoms with Crippen molar-refractivity contribution in [3.8, 4) is 0 Å². The molecule has 0 aromatic heterocycles. The average molecular weight is 268 g/mol. The van der Waals surface area contributed by atoms with E-state index < -0.39 is 0 Å². The van der Waals surface area contributed by atoms with E-state index in [1.165, 1.54) is 11.1 Å². The molecule has 1 nitrogen and oxygen atoms in total. The maximum atomic E-state index is 6.33. The van der Waals surface area contributed by atoms with Crippen molar-refractivity contribution in [2.75, 3.05) is 0 Å². The molecule has 1 aromatic rings. The molecule has 0 radical (unpaired) electrons. The molecule has 0 aliphatic carbocycles. The first kappa shape index (κ1) is 15.5. The minimum atomic E-state index is 0.0195. The van der Waals surface area contributed by atoms with Gasteiger partial charge in [0.05, 0.1) is 0 Å². The molecule has 102 valence electrons. The summed E-state index contributed by atoms with van der Waals surface area (Å²) >= 11 is 6.31. The van der Waals surface area contributed by atoms with Crippen LogP contribution in [0, 0.1) is 25.2 Å². The van der Waals surface area contributed by atoms with Gasteiger partial charge in [-0.2, -0.15) is 0 Å². The van der Waals surface area contributed by atoms with Crippen molar-refractivity contribution >= 4 is 11.6 Å². The van der Waals surface area contributed by atoms with Crippen molar-refractivity contribution in [3.05, 3.63) is 33.8 Å². The zero-order valence-electron chi connectivity index (χ0n) is 12.5. The van der Waals surface area contributed by atoms with Gasteiger partial charge in [0.15, 0.2) is 0 Å². The van der Waals surface area contributed by atoms with Crippen LogP contribution < -0.4 is 5.73 Å². The van der Waals surface area contributed by atoms with Gasteiger partial charge in [0.2, 0.25) is 0 Å². The Morgan fingerprint density at radius 3 is 2.17 bits per heavy atom. The van der Waals surface area contributed by atoms with Crippen LogP contribution >= 0.6 is 11.6 Å². The summed E-state index contributed by atoms with van der Waals surface area (Å²) in [6.45, 7) is 13.2. The monoisotopic (exact) mass is 267 g/mol. The highest BCUT2D eigenvalue weighted by Gasteiger charge is 2.23. The number of nitrogens with two attached hydrogens (primary N) is 1. The van der Waals surface area contributed by atoms with E-state index in [4.69, 9.17) is 17.3 Å². The lowest BCUT2D eigenvalue weighted by Gasteiger charge is -2.30. The van der Waals surface area contributed by atoms with E-state index in [2.05, 4.69) is 47.6 Å². The Kier molecular flexibility index (Phi) is 4.85. The van der Waals surface area contributed by atoms with E-state index in [-0.39, 0.29) is 11.5 Å². The van der Waals surface area contributed by atoms with Crippen LogP contribution in [0.15, 0.2) is 12.1 Å². The molecule has 0 aliphatic heterocycles. The largest absolute Gasteiger partial charge is 0.324 e.